The van der Waals surface area contributed by atoms with Gasteiger partial charge in [0.1, 0.15) is 5.82 Å². The van der Waals surface area contributed by atoms with Crippen molar-refractivity contribution in [1.29, 1.82) is 0 Å². The minimum atomic E-state index is -1.25. The Morgan fingerprint density at radius 3 is 2.78 bits per heavy atom. The first-order valence-corrected chi connectivity index (χ1v) is 6.27. The van der Waals surface area contributed by atoms with Crippen LogP contribution >= 0.6 is 11.3 Å². The van der Waals surface area contributed by atoms with Crippen LogP contribution in [0.2, 0.25) is 0 Å². The van der Waals surface area contributed by atoms with Crippen molar-refractivity contribution in [2.24, 2.45) is 0 Å². The van der Waals surface area contributed by atoms with Gasteiger partial charge in [-0.1, -0.05) is 0 Å². The van der Waals surface area contributed by atoms with Gasteiger partial charge in [0.25, 0.3) is 0 Å². The summed E-state index contributed by atoms with van der Waals surface area (Å²) in [5, 5.41) is 12.8. The van der Waals surface area contributed by atoms with Gasteiger partial charge in [-0.3, -0.25) is 0 Å². The summed E-state index contributed by atoms with van der Waals surface area (Å²) in [7, 11) is 1.84. The number of halogens is 1. The number of anilines is 1. The molecule has 1 N–H and O–H groups in total. The fraction of sp³-hybridized carbons (Fsp3) is 0.154. The van der Waals surface area contributed by atoms with Gasteiger partial charge in [0.05, 0.1) is 5.56 Å². The molecule has 5 heteroatoms. The normalized spacial score (nSPS) is 10.3. The van der Waals surface area contributed by atoms with Crippen molar-refractivity contribution < 1.29 is 14.3 Å². The molecule has 0 spiro atoms. The molecule has 0 aliphatic rings. The van der Waals surface area contributed by atoms with Crippen LogP contribution < -0.4 is 4.90 Å². The summed E-state index contributed by atoms with van der Waals surface area (Å²) in [5.41, 5.74) is 1.50. The average molecular weight is 265 g/mol. The molecule has 0 bridgehead atoms. The summed E-state index contributed by atoms with van der Waals surface area (Å²) < 4.78 is 13.5. The number of carboxylic acid groups (broad SMARTS) is 1. The third-order valence-corrected chi connectivity index (χ3v) is 3.36. The molecule has 0 atom stereocenters. The maximum Gasteiger partial charge on any atom is 0.338 e. The molecule has 0 unspecified atom stereocenters. The van der Waals surface area contributed by atoms with Crippen molar-refractivity contribution in [3.05, 3.63) is 52.0 Å². The van der Waals surface area contributed by atoms with Crippen molar-refractivity contribution in [3.8, 4) is 0 Å². The summed E-state index contributed by atoms with van der Waals surface area (Å²) in [5.74, 6) is -1.96. The van der Waals surface area contributed by atoms with Gasteiger partial charge in [-0.15, -0.1) is 0 Å². The Kier molecular flexibility index (Phi) is 3.62. The first-order chi connectivity index (χ1) is 8.58. The third kappa shape index (κ3) is 2.68. The zero-order chi connectivity index (χ0) is 13.1. The molecule has 1 heterocycles. The third-order valence-electron chi connectivity index (χ3n) is 2.62. The standard InChI is InChI=1S/C13H12FNO2S/c1-15(7-9-4-5-18-8-9)10-2-3-11(13(16)17)12(14)6-10/h2-6,8H,7H2,1H3,(H,16,17). The monoisotopic (exact) mass is 265 g/mol. The second-order valence-electron chi connectivity index (χ2n) is 3.96. The zero-order valence-corrected chi connectivity index (χ0v) is 10.6. The molecular formula is C13H12FNO2S. The Hall–Kier alpha value is -1.88. The van der Waals surface area contributed by atoms with Crippen LogP contribution in [0.15, 0.2) is 35.0 Å². The van der Waals surface area contributed by atoms with E-state index in [9.17, 15) is 9.18 Å². The van der Waals surface area contributed by atoms with Gasteiger partial charge < -0.3 is 10.0 Å². The van der Waals surface area contributed by atoms with Crippen LogP contribution in [0, 0.1) is 5.82 Å². The Balaban J connectivity index is 2.18. The molecule has 0 radical (unpaired) electrons. The van der Waals surface area contributed by atoms with Gasteiger partial charge in [-0.2, -0.15) is 11.3 Å². The van der Waals surface area contributed by atoms with Crippen LogP contribution in [0.25, 0.3) is 0 Å². The SMILES string of the molecule is CN(Cc1ccsc1)c1ccc(C(=O)O)c(F)c1. The highest BCUT2D eigenvalue weighted by Crippen LogP contribution is 2.20. The van der Waals surface area contributed by atoms with Crippen LogP contribution in [0.5, 0.6) is 0 Å². The van der Waals surface area contributed by atoms with Gasteiger partial charge in [0.2, 0.25) is 0 Å². The summed E-state index contributed by atoms with van der Waals surface area (Å²) in [6.45, 7) is 0.662. The molecule has 18 heavy (non-hydrogen) atoms. The van der Waals surface area contributed by atoms with Gasteiger partial charge in [-0.25, -0.2) is 9.18 Å². The largest absolute Gasteiger partial charge is 0.478 e. The highest BCUT2D eigenvalue weighted by Gasteiger charge is 2.12. The summed E-state index contributed by atoms with van der Waals surface area (Å²) in [6.07, 6.45) is 0. The van der Waals surface area contributed by atoms with Gasteiger partial charge in [0, 0.05) is 19.3 Å². The number of hydrogen-bond donors (Lipinski definition) is 1. The molecule has 3 nitrogen and oxygen atoms in total. The van der Waals surface area contributed by atoms with E-state index in [0.29, 0.717) is 12.2 Å². The summed E-state index contributed by atoms with van der Waals surface area (Å²) in [6, 6.07) is 6.15. The van der Waals surface area contributed by atoms with E-state index < -0.39 is 11.8 Å². The number of nitrogens with zero attached hydrogens (tertiary/aromatic N) is 1. The lowest BCUT2D eigenvalue weighted by Crippen LogP contribution is -2.16. The summed E-state index contributed by atoms with van der Waals surface area (Å²) in [4.78, 5) is 12.6. The Labute approximate surface area is 108 Å². The average Bonchev–Trinajstić information content (AvgIpc) is 2.81. The molecule has 0 saturated carbocycles. The van der Waals surface area contributed by atoms with E-state index in [1.165, 1.54) is 12.1 Å². The number of thiophene rings is 1. The maximum absolute atomic E-state index is 13.5. The van der Waals surface area contributed by atoms with E-state index in [0.717, 1.165) is 5.56 Å². The smallest absolute Gasteiger partial charge is 0.338 e. The van der Waals surface area contributed by atoms with Crippen molar-refractivity contribution in [3.63, 3.8) is 0 Å². The van der Waals surface area contributed by atoms with Crippen molar-refractivity contribution >= 4 is 23.0 Å². The van der Waals surface area contributed by atoms with Crippen LogP contribution in [0.1, 0.15) is 15.9 Å². The minimum Gasteiger partial charge on any atom is -0.478 e. The second kappa shape index (κ2) is 5.18. The van der Waals surface area contributed by atoms with Gasteiger partial charge in [-0.05, 0) is 40.6 Å². The Morgan fingerprint density at radius 2 is 2.22 bits per heavy atom. The number of carboxylic acids is 1. The number of hydrogen-bond acceptors (Lipinski definition) is 3. The molecule has 2 aromatic rings. The lowest BCUT2D eigenvalue weighted by molar-refractivity contribution is 0.0692. The number of rotatable bonds is 4. The first kappa shape index (κ1) is 12.6. The highest BCUT2D eigenvalue weighted by atomic mass is 32.1. The van der Waals surface area contributed by atoms with E-state index >= 15 is 0 Å². The number of aromatic carboxylic acids is 1. The van der Waals surface area contributed by atoms with Gasteiger partial charge in [0.15, 0.2) is 0 Å². The van der Waals surface area contributed by atoms with E-state index in [-0.39, 0.29) is 5.56 Å². The predicted octanol–water partition coefficient (Wildman–Crippen LogP) is 3.22. The number of carbonyl (C=O) groups is 1. The fourth-order valence-corrected chi connectivity index (χ4v) is 2.32. The molecule has 1 aromatic carbocycles. The zero-order valence-electron chi connectivity index (χ0n) is 9.76. The molecule has 2 rings (SSSR count). The lowest BCUT2D eigenvalue weighted by Gasteiger charge is -2.19. The highest BCUT2D eigenvalue weighted by molar-refractivity contribution is 7.07. The van der Waals surface area contributed by atoms with Gasteiger partial charge >= 0.3 is 5.97 Å². The van der Waals surface area contributed by atoms with Crippen molar-refractivity contribution in [2.75, 3.05) is 11.9 Å². The molecule has 0 aliphatic heterocycles. The van der Waals surface area contributed by atoms with Crippen LogP contribution in [0.3, 0.4) is 0 Å². The van der Waals surface area contributed by atoms with E-state index in [1.807, 2.05) is 28.8 Å². The molecule has 0 saturated heterocycles. The molecule has 94 valence electrons. The second-order valence-corrected chi connectivity index (χ2v) is 4.74. The van der Waals surface area contributed by atoms with Crippen molar-refractivity contribution in [1.82, 2.24) is 0 Å². The molecule has 0 amide bonds. The first-order valence-electron chi connectivity index (χ1n) is 5.33. The van der Waals surface area contributed by atoms with E-state index in [2.05, 4.69) is 0 Å². The predicted molar refractivity (Wildman–Crippen MR) is 69.8 cm³/mol. The summed E-state index contributed by atoms with van der Waals surface area (Å²) >= 11 is 1.61. The molecule has 1 aromatic heterocycles. The minimum absolute atomic E-state index is 0.303. The quantitative estimate of drug-likeness (QED) is 0.922. The van der Waals surface area contributed by atoms with E-state index in [1.54, 1.807) is 17.4 Å². The lowest BCUT2D eigenvalue weighted by atomic mass is 10.2. The van der Waals surface area contributed by atoms with Crippen LogP contribution in [-0.4, -0.2) is 18.1 Å². The Morgan fingerprint density at radius 1 is 1.44 bits per heavy atom. The van der Waals surface area contributed by atoms with E-state index in [4.69, 9.17) is 5.11 Å². The van der Waals surface area contributed by atoms with Crippen molar-refractivity contribution in [2.45, 2.75) is 6.54 Å². The maximum atomic E-state index is 13.5. The fourth-order valence-electron chi connectivity index (χ4n) is 1.66. The molecular weight excluding hydrogens is 253 g/mol. The Bertz CT molecular complexity index is 554. The molecule has 0 aliphatic carbocycles. The van der Waals surface area contributed by atoms with Crippen LogP contribution in [0.4, 0.5) is 10.1 Å². The van der Waals surface area contributed by atoms with Crippen LogP contribution in [-0.2, 0) is 6.54 Å². The topological polar surface area (TPSA) is 40.5 Å². The number of benzene rings is 1. The molecule has 0 fully saturated rings.